The van der Waals surface area contributed by atoms with Crippen molar-refractivity contribution >= 4 is 22.6 Å². The van der Waals surface area contributed by atoms with Gasteiger partial charge >= 0.3 is 5.97 Å². The Balaban J connectivity index is 2.23. The highest BCUT2D eigenvalue weighted by Gasteiger charge is 2.15. The third kappa shape index (κ3) is 3.38. The summed E-state index contributed by atoms with van der Waals surface area (Å²) in [6, 6.07) is 13.7. The Morgan fingerprint density at radius 1 is 1.08 bits per heavy atom. The van der Waals surface area contributed by atoms with E-state index in [0.717, 1.165) is 40.9 Å². The monoisotopic (exact) mass is 352 g/mol. The number of ether oxygens (including phenoxy) is 1. The number of pyridine rings is 1. The van der Waals surface area contributed by atoms with Crippen LogP contribution in [-0.4, -0.2) is 31.2 Å². The van der Waals surface area contributed by atoms with Crippen LogP contribution in [-0.2, 0) is 4.74 Å². The Labute approximate surface area is 152 Å². The van der Waals surface area contributed by atoms with Crippen LogP contribution in [0.4, 0.5) is 10.1 Å². The van der Waals surface area contributed by atoms with Gasteiger partial charge in [-0.1, -0.05) is 0 Å². The average Bonchev–Trinajstić information content (AvgIpc) is 2.68. The molecule has 2 aromatic carbocycles. The highest BCUT2D eigenvalue weighted by Crippen LogP contribution is 2.33. The molecule has 134 valence electrons. The molecule has 0 aliphatic rings. The molecule has 0 spiro atoms. The van der Waals surface area contributed by atoms with E-state index < -0.39 is 0 Å². The lowest BCUT2D eigenvalue weighted by Gasteiger charge is -2.24. The van der Waals surface area contributed by atoms with Crippen molar-refractivity contribution in [2.24, 2.45) is 0 Å². The molecular formula is C21H21FN2O2. The number of hydrogen-bond acceptors (Lipinski definition) is 4. The Kier molecular flexibility index (Phi) is 5.16. The fourth-order valence-electron chi connectivity index (χ4n) is 3.04. The van der Waals surface area contributed by atoms with Gasteiger partial charge in [0.15, 0.2) is 0 Å². The molecule has 0 radical (unpaired) electrons. The fraction of sp³-hybridized carbons (Fsp3) is 0.238. The van der Waals surface area contributed by atoms with E-state index in [1.165, 1.54) is 19.2 Å². The van der Waals surface area contributed by atoms with Gasteiger partial charge in [0.05, 0.1) is 29.6 Å². The molecule has 4 nitrogen and oxygen atoms in total. The van der Waals surface area contributed by atoms with Crippen molar-refractivity contribution in [3.8, 4) is 11.3 Å². The summed E-state index contributed by atoms with van der Waals surface area (Å²) >= 11 is 0. The van der Waals surface area contributed by atoms with Crippen molar-refractivity contribution in [2.45, 2.75) is 13.8 Å². The number of nitrogens with zero attached hydrogens (tertiary/aromatic N) is 2. The second-order valence-electron chi connectivity index (χ2n) is 5.93. The van der Waals surface area contributed by atoms with Gasteiger partial charge in [-0.25, -0.2) is 14.2 Å². The minimum atomic E-state index is -0.376. The molecule has 0 fully saturated rings. The number of carbonyl (C=O) groups excluding carboxylic acids is 1. The van der Waals surface area contributed by atoms with Gasteiger partial charge in [0, 0.05) is 24.0 Å². The Bertz CT molecular complexity index is 935. The van der Waals surface area contributed by atoms with Crippen LogP contribution in [0.1, 0.15) is 24.2 Å². The topological polar surface area (TPSA) is 42.4 Å². The molecular weight excluding hydrogens is 331 g/mol. The molecule has 0 N–H and O–H groups in total. The summed E-state index contributed by atoms with van der Waals surface area (Å²) in [6.45, 7) is 5.78. The summed E-state index contributed by atoms with van der Waals surface area (Å²) in [5.41, 5.74) is 3.87. The first-order chi connectivity index (χ1) is 12.6. The molecule has 0 unspecified atom stereocenters. The summed E-state index contributed by atoms with van der Waals surface area (Å²) < 4.78 is 18.1. The Morgan fingerprint density at radius 3 is 2.38 bits per heavy atom. The quantitative estimate of drug-likeness (QED) is 0.626. The van der Waals surface area contributed by atoms with Gasteiger partial charge in [0.2, 0.25) is 0 Å². The number of aromatic nitrogens is 1. The van der Waals surface area contributed by atoms with Crippen molar-refractivity contribution in [1.29, 1.82) is 0 Å². The number of hydrogen-bond donors (Lipinski definition) is 0. The lowest BCUT2D eigenvalue weighted by Crippen LogP contribution is -2.23. The van der Waals surface area contributed by atoms with Crippen LogP contribution >= 0.6 is 0 Å². The van der Waals surface area contributed by atoms with Crippen LogP contribution in [0.25, 0.3) is 22.2 Å². The van der Waals surface area contributed by atoms with E-state index in [1.807, 2.05) is 6.07 Å². The highest BCUT2D eigenvalue weighted by molar-refractivity contribution is 5.96. The number of fused-ring (bicyclic) bond motifs is 1. The standard InChI is InChI=1S/C21H21FN2O2/c1-4-24(5-2)19-13-16-12-15(21(25)26-3)8-11-18(16)23-20(19)14-6-9-17(22)10-7-14/h6-13H,4-5H2,1-3H3. The maximum absolute atomic E-state index is 13.3. The minimum absolute atomic E-state index is 0.276. The molecule has 0 bridgehead atoms. The first-order valence-corrected chi connectivity index (χ1v) is 8.61. The van der Waals surface area contributed by atoms with Gasteiger partial charge in [-0.15, -0.1) is 0 Å². The van der Waals surface area contributed by atoms with Gasteiger partial charge < -0.3 is 9.64 Å². The molecule has 0 atom stereocenters. The molecule has 3 rings (SSSR count). The number of rotatable bonds is 5. The zero-order valence-electron chi connectivity index (χ0n) is 15.1. The molecule has 1 heterocycles. The van der Waals surface area contributed by atoms with E-state index in [2.05, 4.69) is 18.7 Å². The molecule has 26 heavy (non-hydrogen) atoms. The maximum Gasteiger partial charge on any atom is 0.337 e. The van der Waals surface area contributed by atoms with E-state index in [0.29, 0.717) is 5.56 Å². The summed E-state index contributed by atoms with van der Waals surface area (Å²) in [5.74, 6) is -0.652. The van der Waals surface area contributed by atoms with Crippen LogP contribution in [0.15, 0.2) is 48.5 Å². The second-order valence-corrected chi connectivity index (χ2v) is 5.93. The van der Waals surface area contributed by atoms with Crippen molar-refractivity contribution in [1.82, 2.24) is 4.98 Å². The number of halogens is 1. The molecule has 0 amide bonds. The van der Waals surface area contributed by atoms with Crippen LogP contribution < -0.4 is 4.90 Å². The molecule has 5 heteroatoms. The van der Waals surface area contributed by atoms with Crippen LogP contribution in [0.2, 0.25) is 0 Å². The molecule has 3 aromatic rings. The molecule has 0 aliphatic heterocycles. The van der Waals surface area contributed by atoms with Crippen LogP contribution in [0.5, 0.6) is 0 Å². The second kappa shape index (κ2) is 7.52. The fourth-order valence-corrected chi connectivity index (χ4v) is 3.04. The van der Waals surface area contributed by atoms with Crippen molar-refractivity contribution in [3.05, 3.63) is 59.9 Å². The summed E-state index contributed by atoms with van der Waals surface area (Å²) in [4.78, 5) is 18.8. The zero-order valence-corrected chi connectivity index (χ0v) is 15.1. The first-order valence-electron chi connectivity index (χ1n) is 8.61. The van der Waals surface area contributed by atoms with Crippen LogP contribution in [0, 0.1) is 5.82 Å². The predicted octanol–water partition coefficient (Wildman–Crippen LogP) is 4.67. The number of esters is 1. The number of carbonyl (C=O) groups is 1. The van der Waals surface area contributed by atoms with E-state index >= 15 is 0 Å². The van der Waals surface area contributed by atoms with Gasteiger partial charge in [-0.2, -0.15) is 0 Å². The number of methoxy groups -OCH3 is 1. The lowest BCUT2D eigenvalue weighted by atomic mass is 10.0. The van der Waals surface area contributed by atoms with E-state index in [1.54, 1.807) is 30.3 Å². The van der Waals surface area contributed by atoms with Crippen molar-refractivity contribution in [3.63, 3.8) is 0 Å². The highest BCUT2D eigenvalue weighted by atomic mass is 19.1. The summed E-state index contributed by atoms with van der Waals surface area (Å²) in [5, 5.41) is 0.862. The van der Waals surface area contributed by atoms with E-state index in [-0.39, 0.29) is 11.8 Å². The third-order valence-corrected chi connectivity index (χ3v) is 4.44. The smallest absolute Gasteiger partial charge is 0.337 e. The first kappa shape index (κ1) is 17.9. The number of benzene rings is 2. The molecule has 1 aromatic heterocycles. The van der Waals surface area contributed by atoms with Gasteiger partial charge in [-0.3, -0.25) is 0 Å². The van der Waals surface area contributed by atoms with Crippen LogP contribution in [0.3, 0.4) is 0 Å². The predicted molar refractivity (Wildman–Crippen MR) is 102 cm³/mol. The summed E-state index contributed by atoms with van der Waals surface area (Å²) in [7, 11) is 1.36. The van der Waals surface area contributed by atoms with Gasteiger partial charge in [-0.05, 0) is 62.4 Å². The van der Waals surface area contributed by atoms with Gasteiger partial charge in [0.25, 0.3) is 0 Å². The third-order valence-electron chi connectivity index (χ3n) is 4.44. The van der Waals surface area contributed by atoms with Crippen molar-refractivity contribution < 1.29 is 13.9 Å². The lowest BCUT2D eigenvalue weighted by molar-refractivity contribution is 0.0601. The van der Waals surface area contributed by atoms with E-state index in [4.69, 9.17) is 9.72 Å². The zero-order chi connectivity index (χ0) is 18.7. The molecule has 0 saturated carbocycles. The van der Waals surface area contributed by atoms with E-state index in [9.17, 15) is 9.18 Å². The molecule has 0 saturated heterocycles. The largest absolute Gasteiger partial charge is 0.465 e. The average molecular weight is 352 g/mol. The number of anilines is 1. The maximum atomic E-state index is 13.3. The molecule has 0 aliphatic carbocycles. The Morgan fingerprint density at radius 2 is 1.77 bits per heavy atom. The Hall–Kier alpha value is -2.95. The SMILES string of the molecule is CCN(CC)c1cc2cc(C(=O)OC)ccc2nc1-c1ccc(F)cc1. The van der Waals surface area contributed by atoms with Crippen molar-refractivity contribution in [2.75, 3.05) is 25.1 Å². The summed E-state index contributed by atoms with van der Waals surface area (Å²) in [6.07, 6.45) is 0. The minimum Gasteiger partial charge on any atom is -0.465 e. The van der Waals surface area contributed by atoms with Gasteiger partial charge in [0.1, 0.15) is 5.82 Å². The normalized spacial score (nSPS) is 10.8.